The molecule has 3 rings (SSSR count). The molecular weight excluding hydrogens is 326 g/mol. The number of anilines is 1. The van der Waals surface area contributed by atoms with Crippen molar-refractivity contribution in [3.8, 4) is 0 Å². The number of cyclic esters (lactones) is 1. The Balaban J connectivity index is 2.04. The van der Waals surface area contributed by atoms with Gasteiger partial charge in [0, 0.05) is 5.56 Å². The van der Waals surface area contributed by atoms with Gasteiger partial charge in [0.05, 0.1) is 16.3 Å². The van der Waals surface area contributed by atoms with Gasteiger partial charge < -0.3 is 4.74 Å². The standard InChI is InChI=1S/C18H19NO4S/c1-12-7-9-14(10-8-12)24(21,22)11-13-5-4-6-15-16(13)18(2,3)23-17(20)19-15/h4-10H,11H2,1-3H3,(H,19,20). The quantitative estimate of drug-likeness (QED) is 0.919. The second-order valence-corrected chi connectivity index (χ2v) is 8.43. The van der Waals surface area contributed by atoms with Gasteiger partial charge in [-0.25, -0.2) is 13.2 Å². The van der Waals surface area contributed by atoms with E-state index in [2.05, 4.69) is 5.32 Å². The minimum atomic E-state index is -3.50. The molecule has 0 unspecified atom stereocenters. The molecule has 0 saturated heterocycles. The highest BCUT2D eigenvalue weighted by atomic mass is 32.2. The minimum Gasteiger partial charge on any atom is -0.438 e. The monoisotopic (exact) mass is 345 g/mol. The van der Waals surface area contributed by atoms with Gasteiger partial charge in [-0.1, -0.05) is 29.8 Å². The van der Waals surface area contributed by atoms with Crippen LogP contribution in [-0.4, -0.2) is 14.5 Å². The molecule has 0 fully saturated rings. The number of fused-ring (bicyclic) bond motifs is 1. The zero-order valence-electron chi connectivity index (χ0n) is 13.8. The predicted molar refractivity (Wildman–Crippen MR) is 91.6 cm³/mol. The van der Waals surface area contributed by atoms with E-state index in [1.165, 1.54) is 0 Å². The summed E-state index contributed by atoms with van der Waals surface area (Å²) in [4.78, 5) is 11.9. The van der Waals surface area contributed by atoms with Gasteiger partial charge in [0.2, 0.25) is 0 Å². The SMILES string of the molecule is Cc1ccc(S(=O)(=O)Cc2cccc3c2C(C)(C)OC(=O)N3)cc1. The van der Waals surface area contributed by atoms with Crippen LogP contribution in [0.15, 0.2) is 47.4 Å². The minimum absolute atomic E-state index is 0.151. The van der Waals surface area contributed by atoms with Crippen LogP contribution in [0.25, 0.3) is 0 Å². The van der Waals surface area contributed by atoms with Gasteiger partial charge in [-0.3, -0.25) is 5.32 Å². The molecule has 1 aliphatic heterocycles. The lowest BCUT2D eigenvalue weighted by molar-refractivity contribution is 0.0415. The molecule has 6 heteroatoms. The first-order valence-corrected chi connectivity index (χ1v) is 9.26. The van der Waals surface area contributed by atoms with Gasteiger partial charge in [0.1, 0.15) is 5.60 Å². The summed E-state index contributed by atoms with van der Waals surface area (Å²) in [5, 5.41) is 2.63. The molecule has 1 N–H and O–H groups in total. The van der Waals surface area contributed by atoms with E-state index in [1.54, 1.807) is 56.3 Å². The van der Waals surface area contributed by atoms with Gasteiger partial charge in [0.25, 0.3) is 0 Å². The number of hydrogen-bond acceptors (Lipinski definition) is 4. The summed E-state index contributed by atoms with van der Waals surface area (Å²) in [7, 11) is -3.50. The first-order valence-electron chi connectivity index (χ1n) is 7.61. The number of nitrogens with one attached hydrogen (secondary N) is 1. The number of aryl methyl sites for hydroxylation is 1. The van der Waals surface area contributed by atoms with E-state index in [0.717, 1.165) is 5.56 Å². The van der Waals surface area contributed by atoms with Gasteiger partial charge in [-0.2, -0.15) is 0 Å². The molecule has 5 nitrogen and oxygen atoms in total. The molecule has 24 heavy (non-hydrogen) atoms. The summed E-state index contributed by atoms with van der Waals surface area (Å²) in [5.41, 5.74) is 2.02. The Hall–Kier alpha value is -2.34. The van der Waals surface area contributed by atoms with E-state index in [-0.39, 0.29) is 10.6 Å². The van der Waals surface area contributed by atoms with Crippen molar-refractivity contribution in [1.29, 1.82) is 0 Å². The maximum Gasteiger partial charge on any atom is 0.412 e. The van der Waals surface area contributed by atoms with E-state index in [0.29, 0.717) is 16.8 Å². The number of amides is 1. The summed E-state index contributed by atoms with van der Waals surface area (Å²) in [6.45, 7) is 5.42. The van der Waals surface area contributed by atoms with Crippen molar-refractivity contribution in [1.82, 2.24) is 0 Å². The molecule has 0 spiro atoms. The molecule has 0 bridgehead atoms. The Morgan fingerprint density at radius 2 is 1.75 bits per heavy atom. The van der Waals surface area contributed by atoms with Crippen molar-refractivity contribution in [2.45, 2.75) is 37.0 Å². The molecule has 1 amide bonds. The lowest BCUT2D eigenvalue weighted by Crippen LogP contribution is -2.36. The molecule has 126 valence electrons. The summed E-state index contributed by atoms with van der Waals surface area (Å²) < 4.78 is 30.8. The van der Waals surface area contributed by atoms with Crippen molar-refractivity contribution in [3.05, 3.63) is 59.2 Å². The van der Waals surface area contributed by atoms with Crippen molar-refractivity contribution in [2.24, 2.45) is 0 Å². The molecule has 0 aromatic heterocycles. The lowest BCUT2D eigenvalue weighted by Gasteiger charge is -2.34. The molecule has 0 aliphatic carbocycles. The molecule has 1 heterocycles. The van der Waals surface area contributed by atoms with Crippen LogP contribution in [0.2, 0.25) is 0 Å². The second-order valence-electron chi connectivity index (χ2n) is 6.44. The highest BCUT2D eigenvalue weighted by Gasteiger charge is 2.36. The fraction of sp³-hybridized carbons (Fsp3) is 0.278. The van der Waals surface area contributed by atoms with Gasteiger partial charge in [-0.05, 0) is 44.5 Å². The van der Waals surface area contributed by atoms with E-state index < -0.39 is 21.5 Å². The molecule has 0 atom stereocenters. The Morgan fingerprint density at radius 3 is 2.42 bits per heavy atom. The van der Waals surface area contributed by atoms with Gasteiger partial charge >= 0.3 is 6.09 Å². The van der Waals surface area contributed by atoms with E-state index in [4.69, 9.17) is 4.74 Å². The third-order valence-electron chi connectivity index (χ3n) is 4.06. The summed E-state index contributed by atoms with van der Waals surface area (Å²) in [6, 6.07) is 12.0. The topological polar surface area (TPSA) is 72.5 Å². The van der Waals surface area contributed by atoms with E-state index >= 15 is 0 Å². The van der Waals surface area contributed by atoms with Crippen LogP contribution in [0, 0.1) is 6.92 Å². The highest BCUT2D eigenvalue weighted by molar-refractivity contribution is 7.90. The predicted octanol–water partition coefficient (Wildman–Crippen LogP) is 3.77. The zero-order valence-corrected chi connectivity index (χ0v) is 14.6. The van der Waals surface area contributed by atoms with Gasteiger partial charge in [-0.15, -0.1) is 0 Å². The van der Waals surface area contributed by atoms with Crippen molar-refractivity contribution >= 4 is 21.6 Å². The average molecular weight is 345 g/mol. The van der Waals surface area contributed by atoms with Crippen LogP contribution in [-0.2, 0) is 25.9 Å². The summed E-state index contributed by atoms with van der Waals surface area (Å²) >= 11 is 0. The Morgan fingerprint density at radius 1 is 1.08 bits per heavy atom. The number of benzene rings is 2. The summed E-state index contributed by atoms with van der Waals surface area (Å²) in [6.07, 6.45) is -0.536. The van der Waals surface area contributed by atoms with Crippen LogP contribution in [0.3, 0.4) is 0 Å². The normalized spacial score (nSPS) is 16.0. The fourth-order valence-corrected chi connectivity index (χ4v) is 4.35. The van der Waals surface area contributed by atoms with Crippen LogP contribution >= 0.6 is 0 Å². The van der Waals surface area contributed by atoms with E-state index in [1.807, 2.05) is 6.92 Å². The molecule has 1 aliphatic rings. The molecule has 2 aromatic rings. The van der Waals surface area contributed by atoms with Crippen LogP contribution in [0.4, 0.5) is 10.5 Å². The number of ether oxygens (including phenoxy) is 1. The molecule has 2 aromatic carbocycles. The number of rotatable bonds is 3. The maximum absolute atomic E-state index is 12.7. The Bertz CT molecular complexity index is 899. The smallest absolute Gasteiger partial charge is 0.412 e. The second kappa shape index (κ2) is 5.63. The van der Waals surface area contributed by atoms with Crippen LogP contribution in [0.1, 0.15) is 30.5 Å². The first-order chi connectivity index (χ1) is 11.2. The lowest BCUT2D eigenvalue weighted by atomic mass is 9.90. The van der Waals surface area contributed by atoms with Crippen LogP contribution in [0.5, 0.6) is 0 Å². The third-order valence-corrected chi connectivity index (χ3v) is 5.74. The van der Waals surface area contributed by atoms with Crippen molar-refractivity contribution in [2.75, 3.05) is 5.32 Å². The molecule has 0 saturated carbocycles. The Kier molecular flexibility index (Phi) is 3.87. The maximum atomic E-state index is 12.7. The molecule has 0 radical (unpaired) electrons. The van der Waals surface area contributed by atoms with Crippen LogP contribution < -0.4 is 5.32 Å². The Labute approximate surface area is 141 Å². The van der Waals surface area contributed by atoms with Crippen molar-refractivity contribution < 1.29 is 17.9 Å². The summed E-state index contributed by atoms with van der Waals surface area (Å²) in [5.74, 6) is -0.151. The third kappa shape index (κ3) is 3.01. The number of carbonyl (C=O) groups excluding carboxylic acids is 1. The largest absolute Gasteiger partial charge is 0.438 e. The van der Waals surface area contributed by atoms with Crippen molar-refractivity contribution in [3.63, 3.8) is 0 Å². The zero-order chi connectivity index (χ0) is 17.5. The van der Waals surface area contributed by atoms with E-state index in [9.17, 15) is 13.2 Å². The number of hydrogen-bond donors (Lipinski definition) is 1. The number of carbonyl (C=O) groups is 1. The first kappa shape index (κ1) is 16.5. The fourth-order valence-electron chi connectivity index (χ4n) is 2.99. The number of sulfone groups is 1. The molecular formula is C18H19NO4S. The average Bonchev–Trinajstić information content (AvgIpc) is 2.45. The van der Waals surface area contributed by atoms with Gasteiger partial charge in [0.15, 0.2) is 9.84 Å². The highest BCUT2D eigenvalue weighted by Crippen LogP contribution is 2.39.